The zero-order valence-electron chi connectivity index (χ0n) is 11.3. The van der Waals surface area contributed by atoms with Gasteiger partial charge >= 0.3 is 0 Å². The monoisotopic (exact) mass is 316 g/mol. The molecule has 0 aliphatic heterocycles. The van der Waals surface area contributed by atoms with Gasteiger partial charge < -0.3 is 9.30 Å². The highest BCUT2D eigenvalue weighted by Gasteiger charge is 2.11. The summed E-state index contributed by atoms with van der Waals surface area (Å²) in [6.45, 7) is 5.69. The molecule has 0 radical (unpaired) electrons. The number of thioether (sulfide) groups is 1. The maximum absolute atomic E-state index is 5.94. The van der Waals surface area contributed by atoms with Crippen molar-refractivity contribution in [3.63, 3.8) is 0 Å². The molecule has 19 heavy (non-hydrogen) atoms. The van der Waals surface area contributed by atoms with Gasteiger partial charge in [-0.3, -0.25) is 0 Å². The van der Waals surface area contributed by atoms with E-state index in [4.69, 9.17) is 16.3 Å². The number of ether oxygens (including phenoxy) is 1. The van der Waals surface area contributed by atoms with Gasteiger partial charge in [0.1, 0.15) is 0 Å². The number of hydrogen-bond acceptors (Lipinski definition) is 4. The first-order valence-corrected chi connectivity index (χ1v) is 8.19. The molecule has 0 aliphatic rings. The number of imidazole rings is 1. The largest absolute Gasteiger partial charge is 0.383 e. The first-order chi connectivity index (χ1) is 9.11. The molecule has 0 aliphatic carbocycles. The maximum Gasteiger partial charge on any atom is 0.168 e. The summed E-state index contributed by atoms with van der Waals surface area (Å²) in [6.07, 6.45) is 0. The van der Waals surface area contributed by atoms with E-state index in [9.17, 15) is 0 Å². The number of methoxy groups -OCH3 is 1. The van der Waals surface area contributed by atoms with Gasteiger partial charge in [-0.2, -0.15) is 0 Å². The SMILES string of the molecule is COCCn1c(SCc2ccc(Cl)s2)nc(C)c1C. The van der Waals surface area contributed by atoms with Crippen molar-refractivity contribution in [1.29, 1.82) is 0 Å². The fourth-order valence-electron chi connectivity index (χ4n) is 1.74. The smallest absolute Gasteiger partial charge is 0.168 e. The Morgan fingerprint density at radius 2 is 2.21 bits per heavy atom. The minimum absolute atomic E-state index is 0.703. The van der Waals surface area contributed by atoms with Gasteiger partial charge in [-0.05, 0) is 26.0 Å². The molecule has 0 atom stereocenters. The maximum atomic E-state index is 5.94. The fourth-order valence-corrected chi connectivity index (χ4v) is 3.99. The second-order valence-electron chi connectivity index (χ2n) is 4.20. The van der Waals surface area contributed by atoms with E-state index in [1.165, 1.54) is 10.6 Å². The highest BCUT2D eigenvalue weighted by molar-refractivity contribution is 7.98. The Balaban J connectivity index is 2.08. The molecule has 6 heteroatoms. The minimum Gasteiger partial charge on any atom is -0.383 e. The van der Waals surface area contributed by atoms with Gasteiger partial charge in [0.15, 0.2) is 5.16 Å². The van der Waals surface area contributed by atoms with Gasteiger partial charge in [0.2, 0.25) is 0 Å². The van der Waals surface area contributed by atoms with Crippen molar-refractivity contribution in [2.45, 2.75) is 31.3 Å². The minimum atomic E-state index is 0.703. The van der Waals surface area contributed by atoms with Crippen molar-refractivity contribution in [3.05, 3.63) is 32.7 Å². The molecule has 2 aromatic heterocycles. The first kappa shape index (κ1) is 14.9. The summed E-state index contributed by atoms with van der Waals surface area (Å²) in [7, 11) is 1.72. The van der Waals surface area contributed by atoms with Gasteiger partial charge in [0.05, 0.1) is 16.6 Å². The summed E-state index contributed by atoms with van der Waals surface area (Å²) >= 11 is 9.31. The number of aromatic nitrogens is 2. The molecule has 104 valence electrons. The highest BCUT2D eigenvalue weighted by atomic mass is 35.5. The van der Waals surface area contributed by atoms with Crippen LogP contribution in [0.25, 0.3) is 0 Å². The molecule has 0 aromatic carbocycles. The third-order valence-electron chi connectivity index (χ3n) is 2.91. The summed E-state index contributed by atoms with van der Waals surface area (Å²) in [6, 6.07) is 4.01. The molecule has 0 fully saturated rings. The molecule has 0 saturated carbocycles. The summed E-state index contributed by atoms with van der Waals surface area (Å²) in [5.41, 5.74) is 2.30. The predicted octanol–water partition coefficient (Wildman–Crippen LogP) is 4.15. The molecular formula is C13H17ClN2OS2. The lowest BCUT2D eigenvalue weighted by Gasteiger charge is -2.08. The zero-order chi connectivity index (χ0) is 13.8. The third kappa shape index (κ3) is 3.75. The number of thiophene rings is 1. The van der Waals surface area contributed by atoms with E-state index < -0.39 is 0 Å². The lowest BCUT2D eigenvalue weighted by atomic mass is 10.4. The second kappa shape index (κ2) is 6.79. The fraction of sp³-hybridized carbons (Fsp3) is 0.462. The van der Waals surface area contributed by atoms with Crippen LogP contribution >= 0.6 is 34.7 Å². The van der Waals surface area contributed by atoms with Crippen molar-refractivity contribution in [1.82, 2.24) is 9.55 Å². The molecule has 0 bridgehead atoms. The number of halogens is 1. The quantitative estimate of drug-likeness (QED) is 0.749. The topological polar surface area (TPSA) is 27.1 Å². The molecule has 2 rings (SSSR count). The van der Waals surface area contributed by atoms with E-state index in [0.717, 1.165) is 27.5 Å². The summed E-state index contributed by atoms with van der Waals surface area (Å²) in [5.74, 6) is 0.903. The van der Waals surface area contributed by atoms with E-state index in [2.05, 4.69) is 22.5 Å². The molecule has 0 N–H and O–H groups in total. The van der Waals surface area contributed by atoms with Gasteiger partial charge in [0.25, 0.3) is 0 Å². The third-order valence-corrected chi connectivity index (χ3v) is 5.35. The van der Waals surface area contributed by atoms with Crippen LogP contribution in [0.15, 0.2) is 17.3 Å². The Bertz CT molecular complexity index is 551. The molecule has 0 amide bonds. The standard InChI is InChI=1S/C13H17ClN2OS2/c1-9-10(2)16(6-7-17-3)13(15-9)18-8-11-4-5-12(14)19-11/h4-5H,6-8H2,1-3H3. The van der Waals surface area contributed by atoms with Crippen LogP contribution in [-0.4, -0.2) is 23.3 Å². The van der Waals surface area contributed by atoms with Crippen molar-refractivity contribution in [3.8, 4) is 0 Å². The number of aryl methyl sites for hydroxylation is 1. The summed E-state index contributed by atoms with van der Waals surface area (Å²) < 4.78 is 8.22. The molecule has 2 aromatic rings. The molecular weight excluding hydrogens is 300 g/mol. The lowest BCUT2D eigenvalue weighted by Crippen LogP contribution is -2.07. The Labute approximate surface area is 126 Å². The Hall–Kier alpha value is -0.490. The highest BCUT2D eigenvalue weighted by Crippen LogP contribution is 2.29. The van der Waals surface area contributed by atoms with Crippen molar-refractivity contribution >= 4 is 34.7 Å². The predicted molar refractivity (Wildman–Crippen MR) is 82.5 cm³/mol. The van der Waals surface area contributed by atoms with Gasteiger partial charge in [0, 0.05) is 30.0 Å². The molecule has 0 saturated heterocycles. The Morgan fingerprint density at radius 1 is 1.42 bits per heavy atom. The Kier molecular flexibility index (Phi) is 5.33. The van der Waals surface area contributed by atoms with Crippen LogP contribution in [0.5, 0.6) is 0 Å². The van der Waals surface area contributed by atoms with Gasteiger partial charge in [-0.25, -0.2) is 4.98 Å². The van der Waals surface area contributed by atoms with E-state index in [1.54, 1.807) is 30.2 Å². The van der Waals surface area contributed by atoms with Crippen LogP contribution in [0.2, 0.25) is 4.34 Å². The van der Waals surface area contributed by atoms with Crippen LogP contribution in [-0.2, 0) is 17.0 Å². The van der Waals surface area contributed by atoms with Gasteiger partial charge in [-0.15, -0.1) is 11.3 Å². The van der Waals surface area contributed by atoms with Crippen LogP contribution in [0.4, 0.5) is 0 Å². The molecule has 0 spiro atoms. The Morgan fingerprint density at radius 3 is 2.84 bits per heavy atom. The first-order valence-electron chi connectivity index (χ1n) is 6.01. The zero-order valence-corrected chi connectivity index (χ0v) is 13.7. The number of hydrogen-bond donors (Lipinski definition) is 0. The van der Waals surface area contributed by atoms with Gasteiger partial charge in [-0.1, -0.05) is 23.4 Å². The second-order valence-corrected chi connectivity index (χ2v) is 6.95. The van der Waals surface area contributed by atoms with E-state index in [-0.39, 0.29) is 0 Å². The van der Waals surface area contributed by atoms with Crippen LogP contribution in [0.3, 0.4) is 0 Å². The summed E-state index contributed by atoms with van der Waals surface area (Å²) in [5, 5.41) is 1.05. The lowest BCUT2D eigenvalue weighted by molar-refractivity contribution is 0.184. The van der Waals surface area contributed by atoms with Crippen molar-refractivity contribution in [2.75, 3.05) is 13.7 Å². The van der Waals surface area contributed by atoms with E-state index in [1.807, 2.05) is 13.0 Å². The summed E-state index contributed by atoms with van der Waals surface area (Å²) in [4.78, 5) is 5.90. The average Bonchev–Trinajstić information content (AvgIpc) is 2.91. The van der Waals surface area contributed by atoms with Crippen LogP contribution in [0, 0.1) is 13.8 Å². The normalized spacial score (nSPS) is 11.2. The number of nitrogens with zero attached hydrogens (tertiary/aromatic N) is 2. The van der Waals surface area contributed by atoms with Crippen LogP contribution in [0.1, 0.15) is 16.3 Å². The van der Waals surface area contributed by atoms with Crippen molar-refractivity contribution < 1.29 is 4.74 Å². The van der Waals surface area contributed by atoms with E-state index in [0.29, 0.717) is 6.61 Å². The molecule has 3 nitrogen and oxygen atoms in total. The molecule has 2 heterocycles. The van der Waals surface area contributed by atoms with Crippen LogP contribution < -0.4 is 0 Å². The molecule has 0 unspecified atom stereocenters. The average molecular weight is 317 g/mol. The van der Waals surface area contributed by atoms with Crippen molar-refractivity contribution in [2.24, 2.45) is 0 Å². The number of rotatable bonds is 6. The van der Waals surface area contributed by atoms with E-state index >= 15 is 0 Å².